The molecule has 5 heteroatoms. The van der Waals surface area contributed by atoms with Crippen molar-refractivity contribution in [3.8, 4) is 5.75 Å². The molecule has 1 heterocycles. The van der Waals surface area contributed by atoms with E-state index in [0.717, 1.165) is 19.3 Å². The molecule has 4 atom stereocenters. The molecule has 2 bridgehead atoms. The second-order valence-electron chi connectivity index (χ2n) is 7.97. The molecule has 1 saturated heterocycles. The highest BCUT2D eigenvalue weighted by Gasteiger charge is 2.61. The van der Waals surface area contributed by atoms with E-state index in [1.807, 2.05) is 18.2 Å². The van der Waals surface area contributed by atoms with Crippen LogP contribution in [0.3, 0.4) is 0 Å². The van der Waals surface area contributed by atoms with Crippen molar-refractivity contribution < 1.29 is 19.1 Å². The average molecular weight is 375 g/mol. The van der Waals surface area contributed by atoms with Gasteiger partial charge in [-0.15, -0.1) is 0 Å². The zero-order valence-electron chi connectivity index (χ0n) is 15.4. The molecule has 0 radical (unpaired) electrons. The van der Waals surface area contributed by atoms with Gasteiger partial charge in [0.1, 0.15) is 5.75 Å². The summed E-state index contributed by atoms with van der Waals surface area (Å²) in [7, 11) is 0. The Bertz CT molecular complexity index is 909. The minimum atomic E-state index is -0.120. The van der Waals surface area contributed by atoms with Gasteiger partial charge in [0.25, 0.3) is 0 Å². The number of hydrogen-bond acceptors (Lipinski definition) is 4. The summed E-state index contributed by atoms with van der Waals surface area (Å²) in [5.41, 5.74) is 1.19. The van der Waals surface area contributed by atoms with Crippen molar-refractivity contribution in [3.05, 3.63) is 60.2 Å². The van der Waals surface area contributed by atoms with Gasteiger partial charge in [-0.3, -0.25) is 19.3 Å². The number of nitrogens with zero attached hydrogens (tertiary/aromatic N) is 1. The van der Waals surface area contributed by atoms with Crippen LogP contribution in [0, 0.1) is 23.7 Å². The topological polar surface area (TPSA) is 63.7 Å². The van der Waals surface area contributed by atoms with Gasteiger partial charge in [-0.1, -0.05) is 30.3 Å². The summed E-state index contributed by atoms with van der Waals surface area (Å²) in [5, 5.41) is 0. The van der Waals surface area contributed by atoms with Crippen LogP contribution in [0.2, 0.25) is 0 Å². The molecule has 2 aliphatic carbocycles. The maximum absolute atomic E-state index is 12.9. The van der Waals surface area contributed by atoms with Crippen LogP contribution in [0.25, 0.3) is 0 Å². The van der Waals surface area contributed by atoms with Crippen molar-refractivity contribution in [1.82, 2.24) is 0 Å². The van der Waals surface area contributed by atoms with Gasteiger partial charge in [0.2, 0.25) is 11.8 Å². The SMILES string of the molecule is O=C(COc1ccc(N2C(=O)[C@H]3[C@@H]4CC[C@@H](C4)[C@@H]3C2=O)cc1)c1ccccc1. The standard InChI is InChI=1S/C23H21NO4/c25-19(14-4-2-1-3-5-14)13-28-18-10-8-17(9-11-18)24-22(26)20-15-6-7-16(12-15)21(20)23(24)27/h1-5,8-11,15-16,20-21H,6-7,12-13H2/t15-,16+,20-,21-/m0/s1. The van der Waals surface area contributed by atoms with Crippen LogP contribution in [-0.2, 0) is 9.59 Å². The van der Waals surface area contributed by atoms with Gasteiger partial charge in [-0.25, -0.2) is 0 Å². The Morgan fingerprint density at radius 3 is 2.11 bits per heavy atom. The van der Waals surface area contributed by atoms with Gasteiger partial charge in [0.05, 0.1) is 17.5 Å². The van der Waals surface area contributed by atoms with Gasteiger partial charge < -0.3 is 4.74 Å². The fraction of sp³-hybridized carbons (Fsp3) is 0.348. The lowest BCUT2D eigenvalue weighted by Gasteiger charge is -2.19. The Hall–Kier alpha value is -2.95. The van der Waals surface area contributed by atoms with Crippen molar-refractivity contribution in [2.45, 2.75) is 19.3 Å². The number of amides is 2. The zero-order chi connectivity index (χ0) is 19.3. The first-order valence-corrected chi connectivity index (χ1v) is 9.82. The Labute approximate surface area is 163 Å². The van der Waals surface area contributed by atoms with Crippen LogP contribution < -0.4 is 9.64 Å². The summed E-state index contributed by atoms with van der Waals surface area (Å²) in [6, 6.07) is 15.8. The van der Waals surface area contributed by atoms with E-state index in [4.69, 9.17) is 4.74 Å². The molecule has 2 saturated carbocycles. The van der Waals surface area contributed by atoms with E-state index in [-0.39, 0.29) is 36.0 Å². The van der Waals surface area contributed by atoms with Crippen LogP contribution in [0.4, 0.5) is 5.69 Å². The molecule has 0 spiro atoms. The second kappa shape index (κ2) is 6.59. The lowest BCUT2D eigenvalue weighted by molar-refractivity contribution is -0.123. The van der Waals surface area contributed by atoms with Crippen molar-refractivity contribution in [1.29, 1.82) is 0 Å². The van der Waals surface area contributed by atoms with Crippen molar-refractivity contribution >= 4 is 23.3 Å². The number of ether oxygens (including phenoxy) is 1. The smallest absolute Gasteiger partial charge is 0.237 e. The van der Waals surface area contributed by atoms with Gasteiger partial charge in [0.15, 0.2) is 12.4 Å². The van der Waals surface area contributed by atoms with E-state index in [9.17, 15) is 14.4 Å². The molecule has 2 amide bonds. The van der Waals surface area contributed by atoms with Crippen LogP contribution in [0.15, 0.2) is 54.6 Å². The quantitative estimate of drug-likeness (QED) is 0.593. The Morgan fingerprint density at radius 1 is 0.893 bits per heavy atom. The molecule has 0 N–H and O–H groups in total. The number of rotatable bonds is 5. The predicted molar refractivity (Wildman–Crippen MR) is 103 cm³/mol. The van der Waals surface area contributed by atoms with Crippen molar-refractivity contribution in [2.75, 3.05) is 11.5 Å². The first-order valence-electron chi connectivity index (χ1n) is 9.82. The molecule has 0 unspecified atom stereocenters. The van der Waals surface area contributed by atoms with Gasteiger partial charge in [-0.2, -0.15) is 0 Å². The number of ketones is 1. The molecule has 2 aromatic rings. The maximum Gasteiger partial charge on any atom is 0.237 e. The van der Waals surface area contributed by atoms with Gasteiger partial charge in [0, 0.05) is 5.56 Å². The number of carbonyl (C=O) groups is 3. The Kier molecular flexibility index (Phi) is 4.04. The third-order valence-electron chi connectivity index (χ3n) is 6.49. The normalized spacial score (nSPS) is 27.9. The number of hydrogen-bond donors (Lipinski definition) is 0. The molecule has 5 nitrogen and oxygen atoms in total. The minimum absolute atomic E-state index is 0.0462. The Balaban J connectivity index is 1.27. The van der Waals surface area contributed by atoms with Gasteiger partial charge >= 0.3 is 0 Å². The first kappa shape index (κ1) is 17.2. The molecule has 142 valence electrons. The van der Waals surface area contributed by atoms with E-state index in [1.54, 1.807) is 36.4 Å². The first-order chi connectivity index (χ1) is 13.6. The summed E-state index contributed by atoms with van der Waals surface area (Å²) >= 11 is 0. The fourth-order valence-electron chi connectivity index (χ4n) is 5.21. The van der Waals surface area contributed by atoms with Crippen LogP contribution in [-0.4, -0.2) is 24.2 Å². The zero-order valence-corrected chi connectivity index (χ0v) is 15.4. The predicted octanol–water partition coefficient (Wildman–Crippen LogP) is 3.48. The minimum Gasteiger partial charge on any atom is -0.485 e. The lowest BCUT2D eigenvalue weighted by Crippen LogP contribution is -2.32. The number of benzene rings is 2. The molecule has 28 heavy (non-hydrogen) atoms. The van der Waals surface area contributed by atoms with E-state index >= 15 is 0 Å². The molecular formula is C23H21NO4. The maximum atomic E-state index is 12.9. The number of fused-ring (bicyclic) bond motifs is 5. The fourth-order valence-corrected chi connectivity index (χ4v) is 5.21. The number of Topliss-reactive ketones (excluding diaryl/α,β-unsaturated/α-hetero) is 1. The summed E-state index contributed by atoms with van der Waals surface area (Å²) in [6.07, 6.45) is 3.17. The van der Waals surface area contributed by atoms with Crippen molar-refractivity contribution in [2.24, 2.45) is 23.7 Å². The largest absolute Gasteiger partial charge is 0.485 e. The molecule has 1 aliphatic heterocycles. The monoisotopic (exact) mass is 375 g/mol. The van der Waals surface area contributed by atoms with E-state index in [2.05, 4.69) is 0 Å². The van der Waals surface area contributed by atoms with E-state index in [0.29, 0.717) is 28.8 Å². The van der Waals surface area contributed by atoms with Gasteiger partial charge in [-0.05, 0) is 55.4 Å². The molecule has 5 rings (SSSR count). The molecule has 3 aliphatic rings. The highest BCUT2D eigenvalue weighted by molar-refractivity contribution is 6.22. The molecular weight excluding hydrogens is 354 g/mol. The van der Waals surface area contributed by atoms with Crippen LogP contribution in [0.1, 0.15) is 29.6 Å². The lowest BCUT2D eigenvalue weighted by atomic mass is 9.81. The second-order valence-corrected chi connectivity index (χ2v) is 7.97. The van der Waals surface area contributed by atoms with Crippen LogP contribution in [0.5, 0.6) is 5.75 Å². The molecule has 0 aromatic heterocycles. The molecule has 2 aromatic carbocycles. The highest BCUT2D eigenvalue weighted by atomic mass is 16.5. The summed E-state index contributed by atoms with van der Waals surface area (Å²) < 4.78 is 5.57. The number of carbonyl (C=O) groups excluding carboxylic acids is 3. The van der Waals surface area contributed by atoms with E-state index in [1.165, 1.54) is 4.90 Å². The average Bonchev–Trinajstić information content (AvgIpc) is 3.41. The highest BCUT2D eigenvalue weighted by Crippen LogP contribution is 2.56. The summed E-state index contributed by atoms with van der Waals surface area (Å²) in [6.45, 7) is -0.0571. The van der Waals surface area contributed by atoms with E-state index < -0.39 is 0 Å². The summed E-state index contributed by atoms with van der Waals surface area (Å²) in [5.74, 6) is 0.859. The third-order valence-corrected chi connectivity index (χ3v) is 6.49. The Morgan fingerprint density at radius 2 is 1.50 bits per heavy atom. The number of imide groups is 1. The number of anilines is 1. The van der Waals surface area contributed by atoms with Crippen LogP contribution >= 0.6 is 0 Å². The van der Waals surface area contributed by atoms with Crippen molar-refractivity contribution in [3.63, 3.8) is 0 Å². The third kappa shape index (κ3) is 2.65. The summed E-state index contributed by atoms with van der Waals surface area (Å²) in [4.78, 5) is 39.2. The molecule has 3 fully saturated rings.